The van der Waals surface area contributed by atoms with Crippen LogP contribution in [-0.2, 0) is 40.5 Å². The molecule has 0 atom stereocenters. The Kier molecular flexibility index (Phi) is 16.5. The smallest absolute Gasteiger partial charge is 0.747 e. The third-order valence-electron chi connectivity index (χ3n) is 4.84. The molecule has 18 nitrogen and oxygen atoms in total. The van der Waals surface area contributed by atoms with Crippen LogP contribution < -0.4 is 129 Å². The number of hydrogen-bond acceptors (Lipinski definition) is 18. The van der Waals surface area contributed by atoms with Gasteiger partial charge in [-0.2, -0.15) is 0 Å². The van der Waals surface area contributed by atoms with E-state index in [2.05, 4.69) is 0 Å². The maximum Gasteiger partial charge on any atom is 1.00 e. The summed E-state index contributed by atoms with van der Waals surface area (Å²) >= 11 is 0. The molecule has 0 fully saturated rings. The third kappa shape index (κ3) is 9.81. The van der Waals surface area contributed by atoms with Crippen molar-refractivity contribution in [3.8, 4) is 11.5 Å². The van der Waals surface area contributed by atoms with Crippen LogP contribution in [0.3, 0.4) is 0 Å². The van der Waals surface area contributed by atoms with Crippen LogP contribution in [0.25, 0.3) is 0 Å². The second-order valence-corrected chi connectivity index (χ2v) is 12.9. The first-order chi connectivity index (χ1) is 17.0. The van der Waals surface area contributed by atoms with Crippen LogP contribution in [0.15, 0.2) is 21.9 Å². The molecule has 0 amide bonds. The molecular formula is C16H10N2Na4O16S4. The number of carbonyl (C=O) groups excluding carboxylic acids is 2. The van der Waals surface area contributed by atoms with Gasteiger partial charge in [-0.3, -0.25) is 9.59 Å². The van der Waals surface area contributed by atoms with Gasteiger partial charge < -0.3 is 39.1 Å². The summed E-state index contributed by atoms with van der Waals surface area (Å²) in [5, 5.41) is 24.0. The number of aromatic hydroxyl groups is 2. The summed E-state index contributed by atoms with van der Waals surface area (Å²) in [6.07, 6.45) is 0. The summed E-state index contributed by atoms with van der Waals surface area (Å²) in [6, 6.07) is 0.167. The second kappa shape index (κ2) is 15.5. The van der Waals surface area contributed by atoms with Gasteiger partial charge in [0, 0.05) is 12.1 Å². The first-order valence-electron chi connectivity index (χ1n) is 9.20. The molecule has 0 saturated heterocycles. The molecule has 0 heterocycles. The van der Waals surface area contributed by atoms with Crippen molar-refractivity contribution < 1.29 is 190 Å². The standard InChI is InChI=1S/C16H14N2O16S4.4Na/c19-5-1-7(37(29,30)31)13(17-3-35(23,24)25)11-9(5)15(21)12-10(16(11)22)6(20)2-8(38(32,33)34)14(12)18-4-36(26,27)28;;;;/h1-2,17-20H,3-4H2,(H,23,24,25)(H,26,27,28)(H,29,30,31)(H,32,33,34);;;;/q;4*+1/p-4. The van der Waals surface area contributed by atoms with E-state index < -0.39 is 119 Å². The van der Waals surface area contributed by atoms with Crippen molar-refractivity contribution in [1.29, 1.82) is 0 Å². The van der Waals surface area contributed by atoms with E-state index in [-0.39, 0.29) is 130 Å². The van der Waals surface area contributed by atoms with E-state index in [9.17, 15) is 71.7 Å². The van der Waals surface area contributed by atoms with E-state index in [4.69, 9.17) is 0 Å². The number of anilines is 2. The van der Waals surface area contributed by atoms with Gasteiger partial charge in [-0.05, 0) is 0 Å². The van der Waals surface area contributed by atoms with Gasteiger partial charge in [-0.15, -0.1) is 0 Å². The van der Waals surface area contributed by atoms with Crippen LogP contribution >= 0.6 is 0 Å². The number of nitrogens with one attached hydrogen (secondary N) is 2. The predicted molar refractivity (Wildman–Crippen MR) is 115 cm³/mol. The Bertz CT molecular complexity index is 1740. The first-order valence-corrected chi connectivity index (χ1v) is 15.2. The van der Waals surface area contributed by atoms with Crippen LogP contribution in [0.5, 0.6) is 11.5 Å². The Morgan fingerprint density at radius 3 is 1.02 bits per heavy atom. The van der Waals surface area contributed by atoms with Gasteiger partial charge in [-0.25, -0.2) is 33.7 Å². The maximum absolute atomic E-state index is 13.3. The van der Waals surface area contributed by atoms with Gasteiger partial charge in [0.05, 0.1) is 43.4 Å². The number of benzene rings is 2. The average molecular weight is 706 g/mol. The van der Waals surface area contributed by atoms with E-state index in [1.165, 1.54) is 0 Å². The molecule has 0 spiro atoms. The fourth-order valence-electron chi connectivity index (χ4n) is 3.52. The van der Waals surface area contributed by atoms with Crippen molar-refractivity contribution in [2.45, 2.75) is 9.79 Å². The van der Waals surface area contributed by atoms with E-state index in [1.54, 1.807) is 10.6 Å². The number of hydrogen-bond donors (Lipinski definition) is 4. The molecule has 0 radical (unpaired) electrons. The van der Waals surface area contributed by atoms with Gasteiger partial charge in [-0.1, -0.05) is 0 Å². The third-order valence-corrected chi connectivity index (χ3v) is 7.56. The van der Waals surface area contributed by atoms with Gasteiger partial charge in [0.25, 0.3) is 0 Å². The van der Waals surface area contributed by atoms with Crippen molar-refractivity contribution in [1.82, 2.24) is 0 Å². The van der Waals surface area contributed by atoms with E-state index in [0.717, 1.165) is 0 Å². The summed E-state index contributed by atoms with van der Waals surface area (Å²) in [6.45, 7) is 0. The Morgan fingerprint density at radius 2 is 0.810 bits per heavy atom. The van der Waals surface area contributed by atoms with Crippen molar-refractivity contribution in [3.05, 3.63) is 34.4 Å². The molecule has 1 aliphatic carbocycles. The van der Waals surface area contributed by atoms with Crippen molar-refractivity contribution >= 4 is 63.4 Å². The Morgan fingerprint density at radius 1 is 0.548 bits per heavy atom. The zero-order valence-electron chi connectivity index (χ0n) is 21.8. The fourth-order valence-corrected chi connectivity index (χ4v) is 5.52. The number of rotatable bonds is 8. The van der Waals surface area contributed by atoms with Crippen LogP contribution in [0.2, 0.25) is 0 Å². The van der Waals surface area contributed by atoms with Crippen LogP contribution in [0.4, 0.5) is 11.4 Å². The van der Waals surface area contributed by atoms with E-state index in [0.29, 0.717) is 0 Å². The van der Waals surface area contributed by atoms with Crippen LogP contribution in [0.1, 0.15) is 31.8 Å². The van der Waals surface area contributed by atoms with Crippen molar-refractivity contribution in [2.24, 2.45) is 0 Å². The molecule has 2 aromatic carbocycles. The molecule has 0 aliphatic heterocycles. The maximum atomic E-state index is 13.3. The van der Waals surface area contributed by atoms with Crippen LogP contribution in [0, 0.1) is 0 Å². The zero-order chi connectivity index (χ0) is 29.2. The van der Waals surface area contributed by atoms with Gasteiger partial charge in [0.2, 0.25) is 11.6 Å². The summed E-state index contributed by atoms with van der Waals surface area (Å²) in [5.41, 5.74) is -7.56. The van der Waals surface area contributed by atoms with E-state index in [1.807, 2.05) is 0 Å². The van der Waals surface area contributed by atoms with Gasteiger partial charge in [0.1, 0.15) is 63.7 Å². The molecule has 208 valence electrons. The second-order valence-electron chi connectivity index (χ2n) is 7.36. The van der Waals surface area contributed by atoms with Gasteiger partial charge >= 0.3 is 118 Å². The molecule has 4 N–H and O–H groups in total. The summed E-state index contributed by atoms with van der Waals surface area (Å²) in [5.74, 6) is -9.58. The largest absolute Gasteiger partial charge is 1.00 e. The van der Waals surface area contributed by atoms with Gasteiger partial charge in [0.15, 0.2) is 0 Å². The molecule has 3 rings (SSSR count). The monoisotopic (exact) mass is 706 g/mol. The number of phenolic OH excluding ortho intramolecular Hbond substituents is 2. The Hall–Kier alpha value is 0.620. The summed E-state index contributed by atoms with van der Waals surface area (Å²) < 4.78 is 137. The van der Waals surface area contributed by atoms with E-state index >= 15 is 0 Å². The topological polar surface area (TPSA) is 327 Å². The molecule has 42 heavy (non-hydrogen) atoms. The normalized spacial score (nSPS) is 12.8. The molecular weight excluding hydrogens is 696 g/mol. The van der Waals surface area contributed by atoms with Crippen molar-refractivity contribution in [2.75, 3.05) is 22.4 Å². The first kappa shape index (κ1) is 44.7. The minimum absolute atomic E-state index is 0. The molecule has 0 bridgehead atoms. The molecule has 1 aliphatic rings. The minimum atomic E-state index is -5.67. The zero-order valence-corrected chi connectivity index (χ0v) is 33.1. The molecule has 0 aromatic heterocycles. The fraction of sp³-hybridized carbons (Fsp3) is 0.125. The quantitative estimate of drug-likeness (QED) is 0.0959. The molecule has 26 heteroatoms. The summed E-state index contributed by atoms with van der Waals surface area (Å²) in [7, 11) is -21.8. The Balaban J connectivity index is 0. The molecule has 0 saturated carbocycles. The average Bonchev–Trinajstić information content (AvgIpc) is 2.71. The number of fused-ring (bicyclic) bond motifs is 2. The summed E-state index contributed by atoms with van der Waals surface area (Å²) in [4.78, 5) is 23.6. The number of carbonyl (C=O) groups is 2. The van der Waals surface area contributed by atoms with Crippen LogP contribution in [-0.4, -0.2) is 85.4 Å². The Labute approximate surface area is 326 Å². The number of ketones is 2. The van der Waals surface area contributed by atoms with Crippen molar-refractivity contribution in [3.63, 3.8) is 0 Å². The molecule has 2 aromatic rings. The number of phenols is 2. The molecule has 0 unspecified atom stereocenters. The predicted octanol–water partition coefficient (Wildman–Crippen LogP) is -14.5. The SMILES string of the molecule is O=C1c2c(O)cc(S(=O)(=O)[O-])c(NCS(=O)(=O)[O-])c2C(=O)c2c(O)cc(S(=O)(=O)[O-])c(NCS(=O)(=O)[O-])c21.[Na+].[Na+].[Na+].[Na+]. The minimum Gasteiger partial charge on any atom is -0.747 e.